The normalized spacial score (nSPS) is 12.2. The van der Waals surface area contributed by atoms with Crippen LogP contribution in [0.15, 0.2) is 51.8 Å². The van der Waals surface area contributed by atoms with E-state index in [1.165, 1.54) is 12.1 Å². The number of halogens is 2. The lowest BCUT2D eigenvalue weighted by atomic mass is 10.1. The summed E-state index contributed by atoms with van der Waals surface area (Å²) in [6.45, 7) is 0. The summed E-state index contributed by atoms with van der Waals surface area (Å²) >= 11 is 5.09. The molecule has 5 heteroatoms. The number of hydrogen-bond donors (Lipinski definition) is 1. The number of hydrogen-bond acceptors (Lipinski definition) is 3. The van der Waals surface area contributed by atoms with Crippen molar-refractivity contribution in [3.8, 4) is 5.75 Å². The maximum absolute atomic E-state index is 13.1. The number of ether oxygens (including phenoxy) is 1. The lowest BCUT2D eigenvalue weighted by Crippen LogP contribution is -2.25. The van der Waals surface area contributed by atoms with E-state index in [-0.39, 0.29) is 11.9 Å². The summed E-state index contributed by atoms with van der Waals surface area (Å²) in [5, 5.41) is 0. The molecular formula is C16H17BrFNOS. The van der Waals surface area contributed by atoms with Crippen LogP contribution in [0.25, 0.3) is 0 Å². The third kappa shape index (κ3) is 5.02. The summed E-state index contributed by atoms with van der Waals surface area (Å²) in [5.41, 5.74) is 7.29. The molecule has 0 heterocycles. The number of benzene rings is 2. The van der Waals surface area contributed by atoms with Gasteiger partial charge >= 0.3 is 0 Å². The highest BCUT2D eigenvalue weighted by Crippen LogP contribution is 2.25. The van der Waals surface area contributed by atoms with Crippen molar-refractivity contribution in [2.75, 3.05) is 12.9 Å². The molecule has 0 radical (unpaired) electrons. The van der Waals surface area contributed by atoms with Gasteiger partial charge in [0.2, 0.25) is 0 Å². The first-order chi connectivity index (χ1) is 10.1. The molecule has 2 nitrogen and oxygen atoms in total. The lowest BCUT2D eigenvalue weighted by Gasteiger charge is -2.13. The van der Waals surface area contributed by atoms with Crippen molar-refractivity contribution in [1.82, 2.24) is 0 Å². The van der Waals surface area contributed by atoms with Crippen LogP contribution in [-0.2, 0) is 6.42 Å². The van der Waals surface area contributed by atoms with E-state index in [1.807, 2.05) is 24.3 Å². The topological polar surface area (TPSA) is 35.2 Å². The predicted octanol–water partition coefficient (Wildman–Crippen LogP) is 4.26. The van der Waals surface area contributed by atoms with E-state index >= 15 is 0 Å². The van der Waals surface area contributed by atoms with E-state index in [1.54, 1.807) is 24.9 Å². The number of rotatable bonds is 6. The van der Waals surface area contributed by atoms with E-state index < -0.39 is 0 Å². The average molecular weight is 370 g/mol. The van der Waals surface area contributed by atoms with Gasteiger partial charge in [-0.15, -0.1) is 11.8 Å². The van der Waals surface area contributed by atoms with Crippen LogP contribution in [0.5, 0.6) is 5.75 Å². The molecule has 0 aliphatic rings. The molecule has 0 saturated heterocycles. The summed E-state index contributed by atoms with van der Waals surface area (Å²) in [5.74, 6) is 1.33. The van der Waals surface area contributed by atoms with E-state index in [0.29, 0.717) is 0 Å². The predicted molar refractivity (Wildman–Crippen MR) is 89.5 cm³/mol. The number of thioether (sulfide) groups is 1. The van der Waals surface area contributed by atoms with Gasteiger partial charge in [0, 0.05) is 21.2 Å². The molecule has 1 atom stereocenters. The fourth-order valence-electron chi connectivity index (χ4n) is 1.94. The van der Waals surface area contributed by atoms with Gasteiger partial charge in [-0.1, -0.05) is 22.0 Å². The quantitative estimate of drug-likeness (QED) is 0.772. The molecule has 112 valence electrons. The highest BCUT2D eigenvalue weighted by molar-refractivity contribution is 9.10. The van der Waals surface area contributed by atoms with Crippen molar-refractivity contribution in [2.45, 2.75) is 17.4 Å². The highest BCUT2D eigenvalue weighted by Gasteiger charge is 2.09. The first kappa shape index (κ1) is 16.3. The Bertz CT molecular complexity index is 609. The van der Waals surface area contributed by atoms with Crippen LogP contribution in [-0.4, -0.2) is 18.9 Å². The summed E-state index contributed by atoms with van der Waals surface area (Å²) in [6.07, 6.45) is 0.736. The van der Waals surface area contributed by atoms with Crippen LogP contribution in [0.3, 0.4) is 0 Å². The van der Waals surface area contributed by atoms with E-state index in [0.717, 1.165) is 32.9 Å². The molecule has 2 aromatic rings. The second kappa shape index (κ2) is 7.82. The Morgan fingerprint density at radius 1 is 1.29 bits per heavy atom. The van der Waals surface area contributed by atoms with Crippen LogP contribution in [0, 0.1) is 5.82 Å². The van der Waals surface area contributed by atoms with Crippen LogP contribution < -0.4 is 10.5 Å². The van der Waals surface area contributed by atoms with Gasteiger partial charge in [0.1, 0.15) is 11.6 Å². The van der Waals surface area contributed by atoms with Crippen molar-refractivity contribution in [3.05, 3.63) is 58.3 Å². The molecule has 2 aromatic carbocycles. The first-order valence-electron chi connectivity index (χ1n) is 6.55. The maximum atomic E-state index is 13.1. The molecule has 0 bridgehead atoms. The number of methoxy groups -OCH3 is 1. The van der Waals surface area contributed by atoms with Crippen molar-refractivity contribution in [1.29, 1.82) is 0 Å². The highest BCUT2D eigenvalue weighted by atomic mass is 79.9. The molecule has 0 spiro atoms. The average Bonchev–Trinajstić information content (AvgIpc) is 2.47. The van der Waals surface area contributed by atoms with Gasteiger partial charge in [0.05, 0.1) is 7.11 Å². The zero-order valence-corrected chi connectivity index (χ0v) is 14.1. The molecule has 0 amide bonds. The Morgan fingerprint density at radius 3 is 2.81 bits per heavy atom. The second-order valence-electron chi connectivity index (χ2n) is 4.69. The summed E-state index contributed by atoms with van der Waals surface area (Å²) in [4.78, 5) is 0.898. The fourth-order valence-corrected chi connectivity index (χ4v) is 3.24. The Morgan fingerprint density at radius 2 is 2.10 bits per heavy atom. The van der Waals surface area contributed by atoms with Gasteiger partial charge in [0.25, 0.3) is 0 Å². The third-order valence-corrected chi connectivity index (χ3v) is 4.95. The Hall–Kier alpha value is -1.04. The summed E-state index contributed by atoms with van der Waals surface area (Å²) < 4.78 is 19.4. The zero-order chi connectivity index (χ0) is 15.2. The van der Waals surface area contributed by atoms with Crippen LogP contribution in [0.2, 0.25) is 0 Å². The Kier molecular flexibility index (Phi) is 6.08. The summed E-state index contributed by atoms with van der Waals surface area (Å²) in [6, 6.07) is 12.4. The van der Waals surface area contributed by atoms with Gasteiger partial charge in [0.15, 0.2) is 0 Å². The second-order valence-corrected chi connectivity index (χ2v) is 6.64. The van der Waals surface area contributed by atoms with Gasteiger partial charge in [-0.3, -0.25) is 0 Å². The molecule has 0 aliphatic carbocycles. The largest absolute Gasteiger partial charge is 0.497 e. The molecule has 0 aliphatic heterocycles. The van der Waals surface area contributed by atoms with Crippen LogP contribution >= 0.6 is 27.7 Å². The third-order valence-electron chi connectivity index (χ3n) is 3.00. The molecule has 0 aromatic heterocycles. The molecule has 0 saturated carbocycles. The molecule has 0 fully saturated rings. The molecule has 2 N–H and O–H groups in total. The monoisotopic (exact) mass is 369 g/mol. The fraction of sp³-hybridized carbons (Fsp3) is 0.250. The van der Waals surface area contributed by atoms with Crippen molar-refractivity contribution in [3.63, 3.8) is 0 Å². The molecule has 21 heavy (non-hydrogen) atoms. The lowest BCUT2D eigenvalue weighted by molar-refractivity contribution is 0.414. The Labute approximate surface area is 137 Å². The number of nitrogens with two attached hydrogens (primary N) is 1. The molecule has 1 unspecified atom stereocenters. The van der Waals surface area contributed by atoms with Crippen molar-refractivity contribution in [2.24, 2.45) is 5.73 Å². The van der Waals surface area contributed by atoms with Gasteiger partial charge < -0.3 is 10.5 Å². The van der Waals surface area contributed by atoms with Crippen LogP contribution in [0.1, 0.15) is 5.56 Å². The SMILES string of the molecule is COc1ccc(Br)c(CC(N)CSc2cccc(F)c2)c1. The Balaban J connectivity index is 1.94. The molecular weight excluding hydrogens is 353 g/mol. The minimum Gasteiger partial charge on any atom is -0.497 e. The van der Waals surface area contributed by atoms with E-state index in [4.69, 9.17) is 10.5 Å². The standard InChI is InChI=1S/C16H17BrFNOS/c1-20-14-5-6-16(17)11(8-14)7-13(19)10-21-15-4-2-3-12(18)9-15/h2-6,8-9,13H,7,10,19H2,1H3. The first-order valence-corrected chi connectivity index (χ1v) is 8.32. The smallest absolute Gasteiger partial charge is 0.124 e. The zero-order valence-electron chi connectivity index (χ0n) is 11.7. The van der Waals surface area contributed by atoms with Gasteiger partial charge in [-0.05, 0) is 48.4 Å². The van der Waals surface area contributed by atoms with Gasteiger partial charge in [-0.2, -0.15) is 0 Å². The minimum atomic E-state index is -0.218. The van der Waals surface area contributed by atoms with E-state index in [2.05, 4.69) is 15.9 Å². The van der Waals surface area contributed by atoms with Crippen LogP contribution in [0.4, 0.5) is 4.39 Å². The van der Waals surface area contributed by atoms with E-state index in [9.17, 15) is 4.39 Å². The van der Waals surface area contributed by atoms with Gasteiger partial charge in [-0.25, -0.2) is 4.39 Å². The maximum Gasteiger partial charge on any atom is 0.124 e. The molecule has 2 rings (SSSR count). The minimum absolute atomic E-state index is 0.0123. The van der Waals surface area contributed by atoms with Crippen molar-refractivity contribution < 1.29 is 9.13 Å². The van der Waals surface area contributed by atoms with Crippen molar-refractivity contribution >= 4 is 27.7 Å². The summed E-state index contributed by atoms with van der Waals surface area (Å²) in [7, 11) is 1.65.